The molecule has 4 aromatic rings. The molecule has 0 unspecified atom stereocenters. The highest BCUT2D eigenvalue weighted by Gasteiger charge is 2.28. The normalized spacial score (nSPS) is 15.1. The minimum Gasteiger partial charge on any atom is -0.451 e. The largest absolute Gasteiger partial charge is 0.451 e. The van der Waals surface area contributed by atoms with Gasteiger partial charge in [-0.05, 0) is 29.0 Å². The van der Waals surface area contributed by atoms with Crippen LogP contribution in [0.4, 0.5) is 10.1 Å². The van der Waals surface area contributed by atoms with Crippen LogP contribution in [0.25, 0.3) is 27.4 Å². The fourth-order valence-electron chi connectivity index (χ4n) is 4.81. The summed E-state index contributed by atoms with van der Waals surface area (Å²) in [6.07, 6.45) is 1.42. The number of ether oxygens (including phenoxy) is 2. The molecule has 3 aromatic carbocycles. The van der Waals surface area contributed by atoms with Crippen molar-refractivity contribution in [3.63, 3.8) is 0 Å². The fourth-order valence-corrected chi connectivity index (χ4v) is 4.81. The van der Waals surface area contributed by atoms with E-state index in [-0.39, 0.29) is 22.4 Å². The molecule has 0 aliphatic carbocycles. The van der Waals surface area contributed by atoms with Crippen molar-refractivity contribution in [2.45, 2.75) is 0 Å². The highest BCUT2D eigenvalue weighted by Crippen LogP contribution is 2.46. The number of pyridine rings is 1. The van der Waals surface area contributed by atoms with Gasteiger partial charge in [0.2, 0.25) is 5.43 Å². The molecule has 0 spiro atoms. The summed E-state index contributed by atoms with van der Waals surface area (Å²) >= 11 is 0. The van der Waals surface area contributed by atoms with Crippen LogP contribution < -0.4 is 21.2 Å². The van der Waals surface area contributed by atoms with Crippen LogP contribution in [0.15, 0.2) is 53.5 Å². The first-order valence-corrected chi connectivity index (χ1v) is 11.5. The van der Waals surface area contributed by atoms with Crippen molar-refractivity contribution < 1.29 is 18.7 Å². The Bertz CT molecular complexity index is 1560. The van der Waals surface area contributed by atoms with E-state index in [2.05, 4.69) is 10.2 Å². The number of hydrogen-bond donors (Lipinski definition) is 2. The molecule has 1 aromatic heterocycles. The van der Waals surface area contributed by atoms with E-state index < -0.39 is 17.2 Å². The second kappa shape index (κ2) is 8.37. The Kier molecular flexibility index (Phi) is 5.16. The molecule has 3 heterocycles. The van der Waals surface area contributed by atoms with E-state index in [9.17, 15) is 9.59 Å². The molecule has 2 aliphatic heterocycles. The topological polar surface area (TPSA) is 98.8 Å². The van der Waals surface area contributed by atoms with Gasteiger partial charge >= 0.3 is 0 Å². The summed E-state index contributed by atoms with van der Waals surface area (Å²) in [6.45, 7) is 4.18. The molecule has 35 heavy (non-hydrogen) atoms. The van der Waals surface area contributed by atoms with Crippen molar-refractivity contribution in [2.75, 3.05) is 44.7 Å². The molecule has 0 atom stereocenters. The van der Waals surface area contributed by atoms with Crippen molar-refractivity contribution >= 4 is 33.3 Å². The van der Waals surface area contributed by atoms with Gasteiger partial charge in [-0.3, -0.25) is 14.5 Å². The number of anilines is 1. The number of hydrogen-bond acceptors (Lipinski definition) is 6. The van der Waals surface area contributed by atoms with Gasteiger partial charge in [-0.25, -0.2) is 4.39 Å². The summed E-state index contributed by atoms with van der Waals surface area (Å²) in [4.78, 5) is 27.3. The fraction of sp³-hybridized carbons (Fsp3) is 0.231. The lowest BCUT2D eigenvalue weighted by Crippen LogP contribution is -2.39. The molecule has 9 heteroatoms. The number of carbonyl (C=O) groups excluding carboxylic acids is 1. The molecule has 1 fully saturated rings. The molecule has 2 aliphatic rings. The SMILES string of the molecule is NC(=O)c1cn2c3c(c(NCCN4CCOCC4)c(F)cc3c1=O)Oc1cc3ccccc3cc1-2. The molecule has 0 bridgehead atoms. The molecular weight excluding hydrogens is 451 g/mol. The van der Waals surface area contributed by atoms with Crippen molar-refractivity contribution in [3.05, 3.63) is 70.3 Å². The molecular formula is C26H23FN4O4. The first-order valence-electron chi connectivity index (χ1n) is 11.5. The summed E-state index contributed by atoms with van der Waals surface area (Å²) in [5.41, 5.74) is 5.85. The standard InChI is InChI=1S/C26H23FN4O4/c27-19-13-17-23-25(22(19)29-5-6-30-7-9-34-10-8-30)35-21-12-16-4-2-1-3-15(16)11-20(21)31(23)14-18(24(17)32)26(28)33/h1-4,11-14,29H,5-10H2,(H2,28,33). The van der Waals surface area contributed by atoms with Crippen LogP contribution in [0, 0.1) is 5.82 Å². The van der Waals surface area contributed by atoms with E-state index in [0.29, 0.717) is 43.3 Å². The lowest BCUT2D eigenvalue weighted by Gasteiger charge is -2.28. The zero-order valence-corrected chi connectivity index (χ0v) is 18.8. The number of primary amides is 1. The Labute approximate surface area is 199 Å². The number of halogens is 1. The zero-order chi connectivity index (χ0) is 24.1. The summed E-state index contributed by atoms with van der Waals surface area (Å²) in [6, 6.07) is 12.7. The smallest absolute Gasteiger partial charge is 0.254 e. The number of morpholine rings is 1. The molecule has 6 rings (SSSR count). The van der Waals surface area contributed by atoms with E-state index in [1.807, 2.05) is 36.4 Å². The highest BCUT2D eigenvalue weighted by atomic mass is 19.1. The second-order valence-corrected chi connectivity index (χ2v) is 8.71. The monoisotopic (exact) mass is 474 g/mol. The van der Waals surface area contributed by atoms with Crippen LogP contribution in [0.1, 0.15) is 10.4 Å². The summed E-state index contributed by atoms with van der Waals surface area (Å²) < 4.78 is 28.7. The minimum absolute atomic E-state index is 0.0336. The van der Waals surface area contributed by atoms with E-state index in [0.717, 1.165) is 29.9 Å². The van der Waals surface area contributed by atoms with E-state index in [4.69, 9.17) is 15.2 Å². The van der Waals surface area contributed by atoms with Crippen molar-refractivity contribution in [1.29, 1.82) is 0 Å². The number of aromatic nitrogens is 1. The third kappa shape index (κ3) is 3.60. The number of nitrogens with two attached hydrogens (primary N) is 1. The highest BCUT2D eigenvalue weighted by molar-refractivity contribution is 6.01. The maximum absolute atomic E-state index is 15.4. The number of fused-ring (bicyclic) bond motifs is 3. The molecule has 3 N–H and O–H groups in total. The molecule has 1 amide bonds. The molecule has 1 saturated heterocycles. The maximum Gasteiger partial charge on any atom is 0.254 e. The van der Waals surface area contributed by atoms with E-state index in [1.54, 1.807) is 4.57 Å². The third-order valence-electron chi connectivity index (χ3n) is 6.59. The van der Waals surface area contributed by atoms with Crippen LogP contribution in [0.2, 0.25) is 0 Å². The lowest BCUT2D eigenvalue weighted by molar-refractivity contribution is 0.0398. The van der Waals surface area contributed by atoms with E-state index in [1.165, 1.54) is 6.20 Å². The number of rotatable bonds is 5. The summed E-state index contributed by atoms with van der Waals surface area (Å²) in [5.74, 6) is -0.815. The van der Waals surface area contributed by atoms with Crippen molar-refractivity contribution in [2.24, 2.45) is 5.73 Å². The van der Waals surface area contributed by atoms with Gasteiger partial charge in [0.15, 0.2) is 17.3 Å². The zero-order valence-electron chi connectivity index (χ0n) is 18.8. The number of amides is 1. The Balaban J connectivity index is 1.52. The predicted octanol–water partition coefficient (Wildman–Crippen LogP) is 3.23. The molecule has 178 valence electrons. The van der Waals surface area contributed by atoms with Crippen LogP contribution in [0.5, 0.6) is 11.5 Å². The van der Waals surface area contributed by atoms with Gasteiger partial charge in [0, 0.05) is 32.4 Å². The Morgan fingerprint density at radius 2 is 1.86 bits per heavy atom. The number of nitrogens with one attached hydrogen (secondary N) is 1. The number of carbonyl (C=O) groups is 1. The van der Waals surface area contributed by atoms with Crippen molar-refractivity contribution in [1.82, 2.24) is 9.47 Å². The maximum atomic E-state index is 15.4. The van der Waals surface area contributed by atoms with Crippen LogP contribution in [-0.2, 0) is 4.74 Å². The first kappa shape index (κ1) is 21.6. The molecule has 0 saturated carbocycles. The van der Waals surface area contributed by atoms with Gasteiger partial charge in [0.05, 0.1) is 24.3 Å². The summed E-state index contributed by atoms with van der Waals surface area (Å²) in [5, 5.41) is 5.10. The van der Waals surface area contributed by atoms with Gasteiger partial charge in [0.1, 0.15) is 16.8 Å². The minimum atomic E-state index is -0.871. The van der Waals surface area contributed by atoms with Crippen LogP contribution in [-0.4, -0.2) is 54.8 Å². The van der Waals surface area contributed by atoms with Crippen LogP contribution >= 0.6 is 0 Å². The second-order valence-electron chi connectivity index (χ2n) is 8.71. The van der Waals surface area contributed by atoms with Gasteiger partial charge < -0.3 is 25.1 Å². The summed E-state index contributed by atoms with van der Waals surface area (Å²) in [7, 11) is 0. The lowest BCUT2D eigenvalue weighted by atomic mass is 10.0. The van der Waals surface area contributed by atoms with Gasteiger partial charge in [-0.2, -0.15) is 0 Å². The predicted molar refractivity (Wildman–Crippen MR) is 131 cm³/mol. The first-order chi connectivity index (χ1) is 17.0. The Hall–Kier alpha value is -3.95. The average molecular weight is 474 g/mol. The van der Waals surface area contributed by atoms with Crippen LogP contribution in [0.3, 0.4) is 0 Å². The van der Waals surface area contributed by atoms with Gasteiger partial charge in [-0.1, -0.05) is 24.3 Å². The quantitative estimate of drug-likeness (QED) is 0.406. The number of benzene rings is 3. The Morgan fingerprint density at radius 3 is 2.60 bits per heavy atom. The molecule has 8 nitrogen and oxygen atoms in total. The Morgan fingerprint density at radius 1 is 1.11 bits per heavy atom. The average Bonchev–Trinajstić information content (AvgIpc) is 2.86. The van der Waals surface area contributed by atoms with Gasteiger partial charge in [-0.15, -0.1) is 0 Å². The third-order valence-corrected chi connectivity index (χ3v) is 6.59. The van der Waals surface area contributed by atoms with Crippen molar-refractivity contribution in [3.8, 4) is 17.2 Å². The molecule has 0 radical (unpaired) electrons. The van der Waals surface area contributed by atoms with E-state index >= 15 is 4.39 Å². The number of nitrogens with zero attached hydrogens (tertiary/aromatic N) is 2. The van der Waals surface area contributed by atoms with Gasteiger partial charge in [0.25, 0.3) is 5.91 Å².